The molecule has 5 heteroatoms. The Hall–Kier alpha value is -0.130. The summed E-state index contributed by atoms with van der Waals surface area (Å²) in [5.41, 5.74) is 0. The van der Waals surface area contributed by atoms with Gasteiger partial charge in [0.25, 0.3) is 0 Å². The van der Waals surface area contributed by atoms with Gasteiger partial charge in [-0.15, -0.1) is 0 Å². The first-order valence-electron chi connectivity index (χ1n) is 5.42. The van der Waals surface area contributed by atoms with E-state index in [4.69, 9.17) is 0 Å². The minimum atomic E-state index is -3.13. The Labute approximate surface area is 94.1 Å². The maximum absolute atomic E-state index is 11.9. The fourth-order valence-electron chi connectivity index (χ4n) is 1.27. The molecule has 0 saturated heterocycles. The van der Waals surface area contributed by atoms with Crippen LogP contribution in [0.25, 0.3) is 0 Å². The molecular weight excluding hydrogens is 212 g/mol. The highest BCUT2D eigenvalue weighted by atomic mass is 32.2. The van der Waals surface area contributed by atoms with Gasteiger partial charge in [-0.3, -0.25) is 0 Å². The molecule has 0 saturated carbocycles. The summed E-state index contributed by atoms with van der Waals surface area (Å²) < 4.78 is 25.3. The van der Waals surface area contributed by atoms with E-state index in [9.17, 15) is 8.42 Å². The van der Waals surface area contributed by atoms with Crippen molar-refractivity contribution in [2.75, 3.05) is 27.2 Å². The van der Waals surface area contributed by atoms with E-state index in [1.807, 2.05) is 0 Å². The Bertz CT molecular complexity index is 263. The maximum Gasteiger partial charge on any atom is 0.217 e. The molecule has 1 N–H and O–H groups in total. The second kappa shape index (κ2) is 6.45. The molecule has 0 fully saturated rings. The highest BCUT2D eigenvalue weighted by molar-refractivity contribution is 7.89. The lowest BCUT2D eigenvalue weighted by molar-refractivity contribution is 0.421. The summed E-state index contributed by atoms with van der Waals surface area (Å²) in [4.78, 5) is 0. The molecule has 0 aliphatic carbocycles. The predicted molar refractivity (Wildman–Crippen MR) is 64.4 cm³/mol. The molecule has 0 aromatic rings. The third-order valence-corrected chi connectivity index (χ3v) is 4.69. The molecule has 4 nitrogen and oxygen atoms in total. The van der Waals surface area contributed by atoms with Gasteiger partial charge in [0.15, 0.2) is 0 Å². The quantitative estimate of drug-likeness (QED) is 0.714. The van der Waals surface area contributed by atoms with Crippen molar-refractivity contribution in [1.29, 1.82) is 0 Å². The van der Waals surface area contributed by atoms with Gasteiger partial charge in [-0.2, -0.15) is 0 Å². The Morgan fingerprint density at radius 1 is 1.27 bits per heavy atom. The van der Waals surface area contributed by atoms with E-state index in [2.05, 4.69) is 19.2 Å². The minimum absolute atomic E-state index is 0.361. The molecule has 0 amide bonds. The van der Waals surface area contributed by atoms with E-state index in [-0.39, 0.29) is 5.25 Å². The van der Waals surface area contributed by atoms with Gasteiger partial charge in [0.05, 0.1) is 5.25 Å². The van der Waals surface area contributed by atoms with Gasteiger partial charge >= 0.3 is 0 Å². The minimum Gasteiger partial charge on any atom is -0.318 e. The standard InChI is InChI=1S/C10H24N2O2S/c1-9(2)6-7-12(5)15(13,14)10(3)8-11-4/h9-11H,6-8H2,1-5H3. The van der Waals surface area contributed by atoms with E-state index in [0.717, 1.165) is 6.42 Å². The van der Waals surface area contributed by atoms with Gasteiger partial charge in [-0.05, 0) is 26.3 Å². The molecule has 15 heavy (non-hydrogen) atoms. The van der Waals surface area contributed by atoms with Crippen molar-refractivity contribution >= 4 is 10.0 Å². The van der Waals surface area contributed by atoms with Gasteiger partial charge in [-0.1, -0.05) is 13.8 Å². The summed E-state index contributed by atoms with van der Waals surface area (Å²) in [7, 11) is 0.295. The zero-order chi connectivity index (χ0) is 12.1. The van der Waals surface area contributed by atoms with Crippen LogP contribution in [0, 0.1) is 5.92 Å². The van der Waals surface area contributed by atoms with E-state index in [1.165, 1.54) is 4.31 Å². The molecule has 1 atom stereocenters. The van der Waals surface area contributed by atoms with Gasteiger partial charge in [0, 0.05) is 20.1 Å². The van der Waals surface area contributed by atoms with Crippen LogP contribution in [0.3, 0.4) is 0 Å². The third-order valence-electron chi connectivity index (χ3n) is 2.46. The van der Waals surface area contributed by atoms with Crippen molar-refractivity contribution in [3.8, 4) is 0 Å². The Balaban J connectivity index is 4.32. The van der Waals surface area contributed by atoms with Crippen LogP contribution in [0.15, 0.2) is 0 Å². The Kier molecular flexibility index (Phi) is 6.40. The first-order valence-corrected chi connectivity index (χ1v) is 6.92. The van der Waals surface area contributed by atoms with Crippen LogP contribution in [-0.2, 0) is 10.0 Å². The number of hydrogen-bond acceptors (Lipinski definition) is 3. The number of hydrogen-bond donors (Lipinski definition) is 1. The molecule has 0 bridgehead atoms. The topological polar surface area (TPSA) is 49.4 Å². The summed E-state index contributed by atoms with van der Waals surface area (Å²) >= 11 is 0. The number of rotatable bonds is 7. The molecule has 0 spiro atoms. The third kappa shape index (κ3) is 4.95. The highest BCUT2D eigenvalue weighted by Crippen LogP contribution is 2.09. The summed E-state index contributed by atoms with van der Waals surface area (Å²) in [6, 6.07) is 0. The number of nitrogens with zero attached hydrogens (tertiary/aromatic N) is 1. The first kappa shape index (κ1) is 14.9. The van der Waals surface area contributed by atoms with Crippen molar-refractivity contribution < 1.29 is 8.42 Å². The van der Waals surface area contributed by atoms with Crippen molar-refractivity contribution in [2.45, 2.75) is 32.4 Å². The Morgan fingerprint density at radius 2 is 1.80 bits per heavy atom. The fourth-order valence-corrected chi connectivity index (χ4v) is 2.62. The van der Waals surface area contributed by atoms with Crippen LogP contribution >= 0.6 is 0 Å². The number of sulfonamides is 1. The zero-order valence-electron chi connectivity index (χ0n) is 10.4. The SMILES string of the molecule is CNCC(C)S(=O)(=O)N(C)CCC(C)C. The molecular formula is C10H24N2O2S. The maximum atomic E-state index is 11.9. The second-order valence-corrected chi connectivity index (χ2v) is 6.88. The summed E-state index contributed by atoms with van der Waals surface area (Å²) in [6.07, 6.45) is 0.905. The molecule has 0 radical (unpaired) electrons. The summed E-state index contributed by atoms with van der Waals surface area (Å²) in [5, 5.41) is 2.53. The zero-order valence-corrected chi connectivity index (χ0v) is 11.3. The second-order valence-electron chi connectivity index (χ2n) is 4.42. The summed E-state index contributed by atoms with van der Waals surface area (Å²) in [6.45, 7) is 7.02. The normalized spacial score (nSPS) is 14.9. The van der Waals surface area contributed by atoms with Crippen LogP contribution < -0.4 is 5.32 Å². The van der Waals surface area contributed by atoms with Crippen LogP contribution in [0.4, 0.5) is 0 Å². The predicted octanol–water partition coefficient (Wildman–Crippen LogP) is 0.902. The van der Waals surface area contributed by atoms with Crippen molar-refractivity contribution in [2.24, 2.45) is 5.92 Å². The molecule has 92 valence electrons. The van der Waals surface area contributed by atoms with Crippen LogP contribution in [0.5, 0.6) is 0 Å². The van der Waals surface area contributed by atoms with Gasteiger partial charge in [0.2, 0.25) is 10.0 Å². The van der Waals surface area contributed by atoms with Crippen LogP contribution in [0.1, 0.15) is 27.2 Å². The average molecular weight is 236 g/mol. The van der Waals surface area contributed by atoms with Gasteiger partial charge in [0.1, 0.15) is 0 Å². The van der Waals surface area contributed by atoms with Crippen LogP contribution in [0.2, 0.25) is 0 Å². The molecule has 0 heterocycles. The Morgan fingerprint density at radius 3 is 2.20 bits per heavy atom. The number of nitrogens with one attached hydrogen (secondary N) is 1. The average Bonchev–Trinajstić information content (AvgIpc) is 2.14. The monoisotopic (exact) mass is 236 g/mol. The molecule has 1 unspecified atom stereocenters. The lowest BCUT2D eigenvalue weighted by atomic mass is 10.1. The largest absolute Gasteiger partial charge is 0.318 e. The molecule has 0 aromatic carbocycles. The highest BCUT2D eigenvalue weighted by Gasteiger charge is 2.24. The van der Waals surface area contributed by atoms with E-state index in [0.29, 0.717) is 19.0 Å². The van der Waals surface area contributed by atoms with Crippen molar-refractivity contribution in [3.63, 3.8) is 0 Å². The van der Waals surface area contributed by atoms with E-state index in [1.54, 1.807) is 21.0 Å². The van der Waals surface area contributed by atoms with Crippen molar-refractivity contribution in [3.05, 3.63) is 0 Å². The van der Waals surface area contributed by atoms with E-state index < -0.39 is 10.0 Å². The van der Waals surface area contributed by atoms with Crippen LogP contribution in [-0.4, -0.2) is 45.2 Å². The van der Waals surface area contributed by atoms with Crippen molar-refractivity contribution in [1.82, 2.24) is 9.62 Å². The molecule has 0 aliphatic heterocycles. The molecule has 0 aromatic heterocycles. The lowest BCUT2D eigenvalue weighted by Gasteiger charge is -2.22. The van der Waals surface area contributed by atoms with Gasteiger partial charge < -0.3 is 5.32 Å². The smallest absolute Gasteiger partial charge is 0.217 e. The van der Waals surface area contributed by atoms with E-state index >= 15 is 0 Å². The molecule has 0 rings (SSSR count). The fraction of sp³-hybridized carbons (Fsp3) is 1.00. The summed E-state index contributed by atoms with van der Waals surface area (Å²) in [5.74, 6) is 0.530. The first-order chi connectivity index (χ1) is 6.82. The van der Waals surface area contributed by atoms with Gasteiger partial charge in [-0.25, -0.2) is 12.7 Å². The lowest BCUT2D eigenvalue weighted by Crippen LogP contribution is -2.40. The molecule has 0 aliphatic rings.